The highest BCUT2D eigenvalue weighted by Crippen LogP contribution is 2.63. The fourth-order valence-corrected chi connectivity index (χ4v) is 8.07. The lowest BCUT2D eigenvalue weighted by atomic mass is 9.72. The minimum atomic E-state index is -0.0354. The summed E-state index contributed by atoms with van der Waals surface area (Å²) >= 11 is 1.98. The second kappa shape index (κ2) is 5.96. The molecule has 2 aliphatic carbocycles. The van der Waals surface area contributed by atoms with Crippen molar-refractivity contribution in [1.82, 2.24) is 0 Å². The smallest absolute Gasteiger partial charge is 0.0443 e. The maximum Gasteiger partial charge on any atom is 0.0443 e. The van der Waals surface area contributed by atoms with E-state index in [0.717, 1.165) is 0 Å². The van der Waals surface area contributed by atoms with Gasteiger partial charge in [0.15, 0.2) is 0 Å². The molecule has 33 heavy (non-hydrogen) atoms. The third-order valence-corrected chi connectivity index (χ3v) is 9.50. The van der Waals surface area contributed by atoms with Gasteiger partial charge in [-0.3, -0.25) is 0 Å². The maximum atomic E-state index is 2.45. The van der Waals surface area contributed by atoms with Gasteiger partial charge >= 0.3 is 0 Å². The molecule has 1 heterocycles. The Balaban J connectivity index is 1.79. The summed E-state index contributed by atoms with van der Waals surface area (Å²) in [7, 11) is 0. The third kappa shape index (κ3) is 2.22. The number of hydrogen-bond donors (Lipinski definition) is 0. The first kappa shape index (κ1) is 19.6. The first-order valence-corrected chi connectivity index (χ1v) is 12.8. The molecule has 0 saturated carbocycles. The molecule has 5 aromatic rings. The molecule has 0 radical (unpaired) electrons. The Morgan fingerprint density at radius 1 is 0.636 bits per heavy atom. The van der Waals surface area contributed by atoms with Crippen LogP contribution >= 0.6 is 11.3 Å². The fourth-order valence-electron chi connectivity index (χ4n) is 6.79. The Morgan fingerprint density at radius 3 is 1.82 bits per heavy atom. The normalized spacial score (nSPS) is 16.7. The average Bonchev–Trinajstić information content (AvgIpc) is 3.34. The van der Waals surface area contributed by atoms with Gasteiger partial charge in [0.05, 0.1) is 0 Å². The molecule has 0 bridgehead atoms. The van der Waals surface area contributed by atoms with Gasteiger partial charge in [-0.1, -0.05) is 93.4 Å². The Labute approximate surface area is 199 Å². The van der Waals surface area contributed by atoms with Gasteiger partial charge in [-0.25, -0.2) is 0 Å². The monoisotopic (exact) mass is 444 g/mol. The van der Waals surface area contributed by atoms with Crippen LogP contribution < -0.4 is 0 Å². The molecule has 0 N–H and O–H groups in total. The van der Waals surface area contributed by atoms with E-state index in [9.17, 15) is 0 Å². The molecule has 0 amide bonds. The van der Waals surface area contributed by atoms with Gasteiger partial charge in [-0.15, -0.1) is 11.3 Å². The molecule has 0 aliphatic heterocycles. The Kier molecular flexibility index (Phi) is 3.53. The van der Waals surface area contributed by atoms with Crippen molar-refractivity contribution in [3.63, 3.8) is 0 Å². The zero-order valence-electron chi connectivity index (χ0n) is 20.2. The molecule has 162 valence electrons. The highest BCUT2D eigenvalue weighted by Gasteiger charge is 2.47. The van der Waals surface area contributed by atoms with Crippen LogP contribution in [0, 0.1) is 13.8 Å². The van der Waals surface area contributed by atoms with E-state index < -0.39 is 0 Å². The van der Waals surface area contributed by atoms with Crippen LogP contribution in [-0.2, 0) is 10.8 Å². The van der Waals surface area contributed by atoms with Crippen molar-refractivity contribution in [3.8, 4) is 22.3 Å². The molecular weight excluding hydrogens is 416 g/mol. The SMILES string of the molecule is Cc1ccc2c(c1)C(C)(C)c1c3c(c4c(sc5ccccc54)c1-2)-c1ccc(C)cc1C3(C)C. The summed E-state index contributed by atoms with van der Waals surface area (Å²) in [6.45, 7) is 14.2. The second-order valence-corrected chi connectivity index (χ2v) is 12.2. The van der Waals surface area contributed by atoms with Gasteiger partial charge in [0.25, 0.3) is 0 Å². The topological polar surface area (TPSA) is 0 Å². The number of hydrogen-bond acceptors (Lipinski definition) is 1. The number of thiophene rings is 1. The number of fused-ring (bicyclic) bond motifs is 12. The van der Waals surface area contributed by atoms with Gasteiger partial charge < -0.3 is 0 Å². The summed E-state index contributed by atoms with van der Waals surface area (Å²) in [6.07, 6.45) is 0. The summed E-state index contributed by atoms with van der Waals surface area (Å²) in [4.78, 5) is 0. The van der Waals surface area contributed by atoms with E-state index in [4.69, 9.17) is 0 Å². The predicted octanol–water partition coefficient (Wildman–Crippen LogP) is 9.28. The predicted molar refractivity (Wildman–Crippen MR) is 144 cm³/mol. The van der Waals surface area contributed by atoms with Crippen molar-refractivity contribution in [2.24, 2.45) is 0 Å². The Hall–Kier alpha value is -2.90. The Bertz CT molecular complexity index is 1670. The highest BCUT2D eigenvalue weighted by atomic mass is 32.1. The third-order valence-electron chi connectivity index (χ3n) is 8.31. The van der Waals surface area contributed by atoms with Crippen molar-refractivity contribution in [2.45, 2.75) is 52.4 Å². The Morgan fingerprint density at radius 2 is 1.18 bits per heavy atom. The summed E-state index contributed by atoms with van der Waals surface area (Å²) < 4.78 is 2.85. The minimum absolute atomic E-state index is 0.0283. The van der Waals surface area contributed by atoms with Crippen LogP contribution in [0.5, 0.6) is 0 Å². The summed E-state index contributed by atoms with van der Waals surface area (Å²) in [5, 5.41) is 2.86. The quantitative estimate of drug-likeness (QED) is 0.223. The van der Waals surface area contributed by atoms with Gasteiger partial charge in [0.2, 0.25) is 0 Å². The van der Waals surface area contributed by atoms with Gasteiger partial charge in [0.1, 0.15) is 0 Å². The largest absolute Gasteiger partial charge is 0.134 e. The highest BCUT2D eigenvalue weighted by molar-refractivity contribution is 7.26. The molecule has 1 aromatic heterocycles. The molecule has 2 aliphatic rings. The lowest BCUT2D eigenvalue weighted by Gasteiger charge is -2.31. The zero-order chi connectivity index (χ0) is 22.9. The molecule has 4 aromatic carbocycles. The number of rotatable bonds is 0. The van der Waals surface area contributed by atoms with Crippen molar-refractivity contribution in [3.05, 3.63) is 94.0 Å². The van der Waals surface area contributed by atoms with Crippen LogP contribution in [0.15, 0.2) is 60.7 Å². The van der Waals surface area contributed by atoms with Crippen LogP contribution in [0.25, 0.3) is 42.4 Å². The molecule has 0 atom stereocenters. The summed E-state index contributed by atoms with van der Waals surface area (Å²) in [5.41, 5.74) is 14.5. The molecule has 0 spiro atoms. The van der Waals surface area contributed by atoms with Crippen LogP contribution in [0.1, 0.15) is 61.1 Å². The first-order chi connectivity index (χ1) is 15.7. The standard InChI is InChI=1S/C32H28S/c1-17-11-13-19-22(15-17)31(3,4)28-25(19)26-21-9-7-8-10-24(21)33-30(26)27-20-14-12-18(2)16-23(20)32(5,6)29(27)28/h7-16H,1-6H3. The molecule has 1 heteroatoms. The number of benzene rings is 4. The molecular formula is C32H28S. The summed E-state index contributed by atoms with van der Waals surface area (Å²) in [6, 6.07) is 23.2. The van der Waals surface area contributed by atoms with Crippen molar-refractivity contribution in [2.75, 3.05) is 0 Å². The zero-order valence-corrected chi connectivity index (χ0v) is 21.0. The van der Waals surface area contributed by atoms with Gasteiger partial charge in [-0.2, -0.15) is 0 Å². The molecule has 0 fully saturated rings. The van der Waals surface area contributed by atoms with Crippen LogP contribution in [0.2, 0.25) is 0 Å². The second-order valence-electron chi connectivity index (χ2n) is 11.2. The van der Waals surface area contributed by atoms with E-state index in [-0.39, 0.29) is 10.8 Å². The van der Waals surface area contributed by atoms with Crippen molar-refractivity contribution >= 4 is 31.5 Å². The van der Waals surface area contributed by atoms with Crippen molar-refractivity contribution < 1.29 is 0 Å². The molecule has 7 rings (SSSR count). The van der Waals surface area contributed by atoms with Crippen molar-refractivity contribution in [1.29, 1.82) is 0 Å². The van der Waals surface area contributed by atoms with E-state index in [1.54, 1.807) is 11.1 Å². The first-order valence-electron chi connectivity index (χ1n) is 12.0. The maximum absolute atomic E-state index is 2.45. The lowest BCUT2D eigenvalue weighted by Crippen LogP contribution is -2.24. The van der Waals surface area contributed by atoms with Crippen LogP contribution in [0.4, 0.5) is 0 Å². The minimum Gasteiger partial charge on any atom is -0.134 e. The molecule has 0 unspecified atom stereocenters. The van der Waals surface area contributed by atoms with E-state index in [2.05, 4.69) is 102 Å². The summed E-state index contributed by atoms with van der Waals surface area (Å²) in [5.74, 6) is 0. The van der Waals surface area contributed by atoms with Gasteiger partial charge in [0, 0.05) is 36.6 Å². The molecule has 0 saturated heterocycles. The fraction of sp³-hybridized carbons (Fsp3) is 0.250. The average molecular weight is 445 g/mol. The van der Waals surface area contributed by atoms with E-state index in [1.807, 2.05) is 11.3 Å². The van der Waals surface area contributed by atoms with Crippen LogP contribution in [-0.4, -0.2) is 0 Å². The molecule has 0 nitrogen and oxygen atoms in total. The number of aryl methyl sites for hydroxylation is 2. The van der Waals surface area contributed by atoms with E-state index in [0.29, 0.717) is 0 Å². The van der Waals surface area contributed by atoms with E-state index >= 15 is 0 Å². The van der Waals surface area contributed by atoms with E-state index in [1.165, 1.54) is 64.7 Å². The van der Waals surface area contributed by atoms with Crippen LogP contribution in [0.3, 0.4) is 0 Å². The lowest BCUT2D eigenvalue weighted by molar-refractivity contribution is 0.601. The van der Waals surface area contributed by atoms with Gasteiger partial charge in [-0.05, 0) is 58.9 Å².